The summed E-state index contributed by atoms with van der Waals surface area (Å²) in [6.45, 7) is 4.32. The van der Waals surface area contributed by atoms with Gasteiger partial charge in [0.2, 0.25) is 0 Å². The third-order valence-corrected chi connectivity index (χ3v) is 8.78. The number of amides is 1. The smallest absolute Gasteiger partial charge is 0.253 e. The molecule has 0 aliphatic carbocycles. The number of rotatable bonds is 10. The molecule has 0 atom stereocenters. The Labute approximate surface area is 262 Å². The Morgan fingerprint density at radius 2 is 1.52 bits per heavy atom. The number of aromatic nitrogens is 1. The molecular formula is C36H36N4O3S. The Hall–Kier alpha value is -4.66. The lowest BCUT2D eigenvalue weighted by Crippen LogP contribution is -2.46. The summed E-state index contributed by atoms with van der Waals surface area (Å²) < 4.78 is 11.3. The second kappa shape index (κ2) is 13.8. The molecule has 2 heterocycles. The first-order chi connectivity index (χ1) is 21.6. The van der Waals surface area contributed by atoms with Crippen LogP contribution in [0.1, 0.15) is 21.5 Å². The molecule has 44 heavy (non-hydrogen) atoms. The van der Waals surface area contributed by atoms with Gasteiger partial charge in [-0.3, -0.25) is 4.79 Å². The van der Waals surface area contributed by atoms with E-state index < -0.39 is 0 Å². The number of nitrogens with one attached hydrogen (secondary N) is 1. The molecule has 1 aliphatic rings. The standard InChI is InChI=1S/C36H36N4O3S/c1-42-33-10-6-9-31(34(33)43-2)24-40(23-26-11-13-30(14-12-26)35(41)39-21-19-37-20-22-39)36-38-32(25-44-36)29-17-15-28(16-18-29)27-7-4-3-5-8-27/h3-18,25,37H,19-24H2,1-2H3. The summed E-state index contributed by atoms with van der Waals surface area (Å²) in [5.74, 6) is 1.49. The zero-order valence-electron chi connectivity index (χ0n) is 25.0. The van der Waals surface area contributed by atoms with Crippen LogP contribution >= 0.6 is 11.3 Å². The van der Waals surface area contributed by atoms with Crippen LogP contribution in [0.15, 0.2) is 102 Å². The second-order valence-electron chi connectivity index (χ2n) is 10.7. The van der Waals surface area contributed by atoms with Crippen LogP contribution in [0.25, 0.3) is 22.4 Å². The average molecular weight is 605 g/mol. The number of hydrogen-bond acceptors (Lipinski definition) is 7. The zero-order valence-corrected chi connectivity index (χ0v) is 25.8. The lowest BCUT2D eigenvalue weighted by Gasteiger charge is -2.27. The van der Waals surface area contributed by atoms with Crippen molar-refractivity contribution in [3.8, 4) is 33.9 Å². The van der Waals surface area contributed by atoms with Gasteiger partial charge in [-0.2, -0.15) is 0 Å². The lowest BCUT2D eigenvalue weighted by molar-refractivity contribution is 0.0736. The monoisotopic (exact) mass is 604 g/mol. The molecule has 0 saturated carbocycles. The summed E-state index contributed by atoms with van der Waals surface area (Å²) in [6, 6.07) is 32.8. The van der Waals surface area contributed by atoms with E-state index in [-0.39, 0.29) is 5.91 Å². The van der Waals surface area contributed by atoms with Gasteiger partial charge in [0, 0.05) is 61.3 Å². The number of thiazole rings is 1. The molecule has 6 rings (SSSR count). The first kappa shape index (κ1) is 29.4. The molecule has 8 heteroatoms. The summed E-state index contributed by atoms with van der Waals surface area (Å²) in [5.41, 5.74) is 7.18. The quantitative estimate of drug-likeness (QED) is 0.190. The van der Waals surface area contributed by atoms with Gasteiger partial charge >= 0.3 is 0 Å². The van der Waals surface area contributed by atoms with Crippen molar-refractivity contribution in [2.45, 2.75) is 13.1 Å². The lowest BCUT2D eigenvalue weighted by atomic mass is 10.0. The molecule has 224 valence electrons. The Morgan fingerprint density at radius 1 is 0.818 bits per heavy atom. The second-order valence-corrected chi connectivity index (χ2v) is 11.5. The summed E-state index contributed by atoms with van der Waals surface area (Å²) in [5, 5.41) is 6.31. The predicted molar refractivity (Wildman–Crippen MR) is 178 cm³/mol. The maximum atomic E-state index is 13.0. The molecule has 5 aromatic rings. The Balaban J connectivity index is 1.26. The highest BCUT2D eigenvalue weighted by molar-refractivity contribution is 7.14. The van der Waals surface area contributed by atoms with E-state index in [0.717, 1.165) is 53.7 Å². The van der Waals surface area contributed by atoms with E-state index >= 15 is 0 Å². The van der Waals surface area contributed by atoms with Crippen molar-refractivity contribution >= 4 is 22.4 Å². The van der Waals surface area contributed by atoms with E-state index in [1.54, 1.807) is 25.6 Å². The number of para-hydroxylation sites is 1. The van der Waals surface area contributed by atoms with Crippen LogP contribution in [0.4, 0.5) is 5.13 Å². The molecule has 0 unspecified atom stereocenters. The van der Waals surface area contributed by atoms with Crippen LogP contribution < -0.4 is 19.7 Å². The highest BCUT2D eigenvalue weighted by atomic mass is 32.1. The Morgan fingerprint density at radius 3 is 2.23 bits per heavy atom. The number of carbonyl (C=O) groups excluding carboxylic acids is 1. The minimum absolute atomic E-state index is 0.0823. The number of anilines is 1. The molecule has 0 radical (unpaired) electrons. The molecule has 1 aromatic heterocycles. The van der Waals surface area contributed by atoms with Crippen molar-refractivity contribution in [1.29, 1.82) is 0 Å². The van der Waals surface area contributed by atoms with Gasteiger partial charge in [-0.15, -0.1) is 11.3 Å². The Kier molecular flexibility index (Phi) is 9.20. The summed E-state index contributed by atoms with van der Waals surface area (Å²) >= 11 is 1.62. The average Bonchev–Trinajstić information content (AvgIpc) is 3.59. The minimum Gasteiger partial charge on any atom is -0.493 e. The maximum absolute atomic E-state index is 13.0. The van der Waals surface area contributed by atoms with Gasteiger partial charge < -0.3 is 24.6 Å². The molecule has 7 nitrogen and oxygen atoms in total. The number of piperazine rings is 1. The first-order valence-electron chi connectivity index (χ1n) is 14.8. The van der Waals surface area contributed by atoms with Crippen LogP contribution in [-0.4, -0.2) is 56.2 Å². The first-order valence-corrected chi connectivity index (χ1v) is 15.7. The normalized spacial score (nSPS) is 13.0. The molecule has 1 N–H and O–H groups in total. The SMILES string of the molecule is COc1cccc(CN(Cc2ccc(C(=O)N3CCNCC3)cc2)c2nc(-c3ccc(-c4ccccc4)cc3)cs2)c1OC. The van der Waals surface area contributed by atoms with Crippen molar-refractivity contribution in [2.24, 2.45) is 0 Å². The van der Waals surface area contributed by atoms with Crippen LogP contribution in [0.5, 0.6) is 11.5 Å². The van der Waals surface area contributed by atoms with Crippen LogP contribution in [0, 0.1) is 0 Å². The van der Waals surface area contributed by atoms with Gasteiger partial charge in [-0.05, 0) is 34.9 Å². The molecule has 0 spiro atoms. The van der Waals surface area contributed by atoms with E-state index in [1.807, 2.05) is 47.4 Å². The van der Waals surface area contributed by atoms with Crippen molar-refractivity contribution in [3.63, 3.8) is 0 Å². The number of ether oxygens (including phenoxy) is 2. The largest absolute Gasteiger partial charge is 0.493 e. The van der Waals surface area contributed by atoms with Crippen molar-refractivity contribution in [3.05, 3.63) is 119 Å². The zero-order chi connectivity index (χ0) is 30.3. The predicted octanol–water partition coefficient (Wildman–Crippen LogP) is 6.75. The van der Waals surface area contributed by atoms with Crippen molar-refractivity contribution in [2.75, 3.05) is 45.3 Å². The Bertz CT molecular complexity index is 1680. The van der Waals surface area contributed by atoms with Gasteiger partial charge in [0.05, 0.1) is 19.9 Å². The van der Waals surface area contributed by atoms with E-state index in [2.05, 4.69) is 70.2 Å². The van der Waals surface area contributed by atoms with Gasteiger partial charge in [-0.1, -0.05) is 78.9 Å². The summed E-state index contributed by atoms with van der Waals surface area (Å²) in [4.78, 5) is 22.3. The molecule has 1 amide bonds. The summed E-state index contributed by atoms with van der Waals surface area (Å²) in [6.07, 6.45) is 0. The fourth-order valence-corrected chi connectivity index (χ4v) is 6.34. The molecule has 4 aromatic carbocycles. The van der Waals surface area contributed by atoms with Gasteiger partial charge in [-0.25, -0.2) is 4.98 Å². The van der Waals surface area contributed by atoms with E-state index in [0.29, 0.717) is 30.2 Å². The van der Waals surface area contributed by atoms with Gasteiger partial charge in [0.1, 0.15) is 0 Å². The van der Waals surface area contributed by atoms with Gasteiger partial charge in [0.25, 0.3) is 5.91 Å². The number of nitrogens with zero attached hydrogens (tertiary/aromatic N) is 3. The van der Waals surface area contributed by atoms with Crippen LogP contribution in [0.3, 0.4) is 0 Å². The van der Waals surface area contributed by atoms with Gasteiger partial charge in [0.15, 0.2) is 16.6 Å². The van der Waals surface area contributed by atoms with Crippen molar-refractivity contribution < 1.29 is 14.3 Å². The highest BCUT2D eigenvalue weighted by Gasteiger charge is 2.20. The molecule has 0 bridgehead atoms. The number of carbonyl (C=O) groups is 1. The van der Waals surface area contributed by atoms with E-state index in [9.17, 15) is 4.79 Å². The van der Waals surface area contributed by atoms with E-state index in [4.69, 9.17) is 14.5 Å². The summed E-state index contributed by atoms with van der Waals surface area (Å²) in [7, 11) is 3.32. The molecule has 1 saturated heterocycles. The van der Waals surface area contributed by atoms with Crippen molar-refractivity contribution in [1.82, 2.24) is 15.2 Å². The number of methoxy groups -OCH3 is 2. The van der Waals surface area contributed by atoms with Crippen LogP contribution in [-0.2, 0) is 13.1 Å². The third kappa shape index (κ3) is 6.61. The minimum atomic E-state index is 0.0823. The van der Waals surface area contributed by atoms with Crippen LogP contribution in [0.2, 0.25) is 0 Å². The molecular weight excluding hydrogens is 568 g/mol. The number of benzene rings is 4. The topological polar surface area (TPSA) is 66.9 Å². The van der Waals surface area contributed by atoms with E-state index in [1.165, 1.54) is 11.1 Å². The fourth-order valence-electron chi connectivity index (χ4n) is 5.50. The molecule has 1 aliphatic heterocycles. The molecule has 1 fully saturated rings. The maximum Gasteiger partial charge on any atom is 0.253 e. The number of hydrogen-bond donors (Lipinski definition) is 1. The fraction of sp³-hybridized carbons (Fsp3) is 0.222. The highest BCUT2D eigenvalue weighted by Crippen LogP contribution is 2.35. The third-order valence-electron chi connectivity index (χ3n) is 7.87.